The van der Waals surface area contributed by atoms with Crippen LogP contribution in [0.25, 0.3) is 16.6 Å². The molecule has 1 amide bonds. The van der Waals surface area contributed by atoms with E-state index in [9.17, 15) is 9.59 Å². The molecular formula is C22H20BrN3O2. The zero-order valence-electron chi connectivity index (χ0n) is 15.3. The maximum atomic E-state index is 12.9. The molecule has 2 aromatic heterocycles. The number of carbonyl (C=O) groups is 1. The first-order valence-electron chi connectivity index (χ1n) is 9.23. The van der Waals surface area contributed by atoms with Crippen LogP contribution >= 0.6 is 15.9 Å². The van der Waals surface area contributed by atoms with Crippen LogP contribution in [0.1, 0.15) is 18.4 Å². The summed E-state index contributed by atoms with van der Waals surface area (Å²) in [5, 5.41) is 2.93. The number of amides is 1. The molecular weight excluding hydrogens is 418 g/mol. The number of rotatable bonds is 6. The number of nitrogens with zero attached hydrogens (tertiary/aromatic N) is 2. The van der Waals surface area contributed by atoms with Gasteiger partial charge in [-0.1, -0.05) is 46.3 Å². The molecule has 2 heterocycles. The van der Waals surface area contributed by atoms with Crippen LogP contribution in [-0.4, -0.2) is 14.9 Å². The third-order valence-corrected chi connectivity index (χ3v) is 5.31. The molecule has 28 heavy (non-hydrogen) atoms. The summed E-state index contributed by atoms with van der Waals surface area (Å²) >= 11 is 3.49. The van der Waals surface area contributed by atoms with Crippen LogP contribution in [0.15, 0.2) is 76.1 Å². The van der Waals surface area contributed by atoms with Crippen LogP contribution in [0.4, 0.5) is 0 Å². The van der Waals surface area contributed by atoms with Crippen LogP contribution in [0.2, 0.25) is 0 Å². The summed E-state index contributed by atoms with van der Waals surface area (Å²) in [5.41, 5.74) is 3.49. The lowest BCUT2D eigenvalue weighted by Gasteiger charge is -2.13. The minimum atomic E-state index is -0.0414. The van der Waals surface area contributed by atoms with Crippen molar-refractivity contribution in [2.45, 2.75) is 25.9 Å². The van der Waals surface area contributed by atoms with E-state index in [4.69, 9.17) is 0 Å². The second kappa shape index (κ2) is 8.02. The van der Waals surface area contributed by atoms with Gasteiger partial charge in [0, 0.05) is 30.2 Å². The highest BCUT2D eigenvalue weighted by molar-refractivity contribution is 9.10. The zero-order chi connectivity index (χ0) is 19.5. The van der Waals surface area contributed by atoms with Gasteiger partial charge >= 0.3 is 0 Å². The molecule has 0 aliphatic heterocycles. The van der Waals surface area contributed by atoms with Gasteiger partial charge in [0.25, 0.3) is 5.56 Å². The molecule has 0 radical (unpaired) electrons. The van der Waals surface area contributed by atoms with Crippen molar-refractivity contribution in [2.75, 3.05) is 0 Å². The van der Waals surface area contributed by atoms with Crippen molar-refractivity contribution in [1.29, 1.82) is 0 Å². The van der Waals surface area contributed by atoms with Gasteiger partial charge in [-0.2, -0.15) is 0 Å². The third-order valence-electron chi connectivity index (χ3n) is 4.82. The van der Waals surface area contributed by atoms with E-state index >= 15 is 0 Å². The van der Waals surface area contributed by atoms with E-state index in [-0.39, 0.29) is 11.5 Å². The highest BCUT2D eigenvalue weighted by Gasteiger charge is 2.11. The number of nitrogens with one attached hydrogen (secondary N) is 1. The molecule has 0 spiro atoms. The summed E-state index contributed by atoms with van der Waals surface area (Å²) in [7, 11) is 0. The van der Waals surface area contributed by atoms with Gasteiger partial charge in [0.15, 0.2) is 0 Å². The van der Waals surface area contributed by atoms with E-state index in [1.807, 2.05) is 71.3 Å². The van der Waals surface area contributed by atoms with E-state index in [1.54, 1.807) is 4.57 Å². The van der Waals surface area contributed by atoms with Crippen LogP contribution in [-0.2, 0) is 17.9 Å². The molecule has 1 N–H and O–H groups in total. The maximum Gasteiger partial charge on any atom is 0.275 e. The largest absolute Gasteiger partial charge is 0.352 e. The molecule has 2 aromatic carbocycles. The lowest BCUT2D eigenvalue weighted by atomic mass is 10.2. The lowest BCUT2D eigenvalue weighted by Crippen LogP contribution is -2.25. The number of aromatic nitrogens is 2. The van der Waals surface area contributed by atoms with E-state index in [1.165, 1.54) is 0 Å². The molecule has 0 aliphatic carbocycles. The molecule has 4 rings (SSSR count). The average Bonchev–Trinajstić information content (AvgIpc) is 3.20. The van der Waals surface area contributed by atoms with Gasteiger partial charge in [-0.05, 0) is 42.3 Å². The number of halogens is 1. The van der Waals surface area contributed by atoms with Gasteiger partial charge in [-0.25, -0.2) is 0 Å². The smallest absolute Gasteiger partial charge is 0.275 e. The van der Waals surface area contributed by atoms with Crippen molar-refractivity contribution < 1.29 is 4.79 Å². The molecule has 0 bridgehead atoms. The summed E-state index contributed by atoms with van der Waals surface area (Å²) < 4.78 is 4.59. The summed E-state index contributed by atoms with van der Waals surface area (Å²) in [6.07, 6.45) is 2.87. The maximum absolute atomic E-state index is 12.9. The quantitative estimate of drug-likeness (QED) is 0.493. The summed E-state index contributed by atoms with van der Waals surface area (Å²) in [6, 6.07) is 19.4. The summed E-state index contributed by atoms with van der Waals surface area (Å²) in [6.45, 7) is 1.01. The Morgan fingerprint density at radius 1 is 0.964 bits per heavy atom. The highest BCUT2D eigenvalue weighted by atomic mass is 79.9. The average molecular weight is 438 g/mol. The molecule has 4 aromatic rings. The number of fused-ring (bicyclic) bond motifs is 3. The third kappa shape index (κ3) is 3.73. The number of hydrogen-bond donors (Lipinski definition) is 1. The van der Waals surface area contributed by atoms with Crippen molar-refractivity contribution in [1.82, 2.24) is 14.3 Å². The zero-order valence-corrected chi connectivity index (χ0v) is 16.9. The van der Waals surface area contributed by atoms with Gasteiger partial charge in [0.2, 0.25) is 5.91 Å². The van der Waals surface area contributed by atoms with E-state index in [0.717, 1.165) is 21.1 Å². The highest BCUT2D eigenvalue weighted by Crippen LogP contribution is 2.20. The topological polar surface area (TPSA) is 55.5 Å². The molecule has 142 valence electrons. The number of benzene rings is 2. The first kappa shape index (κ1) is 18.5. The van der Waals surface area contributed by atoms with Crippen molar-refractivity contribution >= 4 is 38.4 Å². The molecule has 0 unspecified atom stereocenters. The molecule has 0 saturated heterocycles. The summed E-state index contributed by atoms with van der Waals surface area (Å²) in [4.78, 5) is 25.1. The second-order valence-electron chi connectivity index (χ2n) is 6.72. The first-order chi connectivity index (χ1) is 13.6. The van der Waals surface area contributed by atoms with E-state index in [2.05, 4.69) is 21.2 Å². The Labute approximate surface area is 170 Å². The summed E-state index contributed by atoms with van der Waals surface area (Å²) in [5.74, 6) is -0.00819. The minimum Gasteiger partial charge on any atom is -0.352 e. The van der Waals surface area contributed by atoms with Crippen LogP contribution < -0.4 is 10.9 Å². The Hall–Kier alpha value is -2.86. The Kier molecular flexibility index (Phi) is 5.30. The minimum absolute atomic E-state index is 0.00819. The van der Waals surface area contributed by atoms with Crippen molar-refractivity contribution in [3.05, 3.63) is 87.3 Å². The van der Waals surface area contributed by atoms with Crippen LogP contribution in [0.5, 0.6) is 0 Å². The van der Waals surface area contributed by atoms with Crippen LogP contribution in [0.3, 0.4) is 0 Å². The molecule has 5 nitrogen and oxygen atoms in total. The molecule has 0 atom stereocenters. The van der Waals surface area contributed by atoms with Gasteiger partial charge in [-0.3, -0.25) is 9.59 Å². The SMILES string of the molecule is O=C(CCCn1c(=O)c2cccn2c2ccc(Br)cc21)NCc1ccccc1. The van der Waals surface area contributed by atoms with Crippen molar-refractivity contribution in [3.8, 4) is 0 Å². The standard InChI is InChI=1S/C22H20BrN3O2/c23-17-10-11-18-20(14-17)26(22(28)19-8-4-12-25(18)19)13-5-9-21(27)24-15-16-6-2-1-3-7-16/h1-4,6-8,10-12,14H,5,9,13,15H2,(H,24,27). The van der Waals surface area contributed by atoms with Gasteiger partial charge in [0.1, 0.15) is 5.52 Å². The monoisotopic (exact) mass is 437 g/mol. The van der Waals surface area contributed by atoms with Gasteiger partial charge < -0.3 is 14.3 Å². The molecule has 6 heteroatoms. The predicted octanol–water partition coefficient (Wildman–Crippen LogP) is 4.11. The van der Waals surface area contributed by atoms with E-state index < -0.39 is 0 Å². The number of hydrogen-bond acceptors (Lipinski definition) is 2. The Morgan fingerprint density at radius 3 is 2.61 bits per heavy atom. The Morgan fingerprint density at radius 2 is 1.79 bits per heavy atom. The second-order valence-corrected chi connectivity index (χ2v) is 7.63. The van der Waals surface area contributed by atoms with Gasteiger partial charge in [-0.15, -0.1) is 0 Å². The molecule has 0 aliphatic rings. The van der Waals surface area contributed by atoms with E-state index in [0.29, 0.717) is 31.4 Å². The molecule has 0 fully saturated rings. The van der Waals surface area contributed by atoms with Gasteiger partial charge in [0.05, 0.1) is 11.0 Å². The fourth-order valence-electron chi connectivity index (χ4n) is 3.43. The molecule has 0 saturated carbocycles. The predicted molar refractivity (Wildman–Crippen MR) is 114 cm³/mol. The van der Waals surface area contributed by atoms with Crippen molar-refractivity contribution in [2.24, 2.45) is 0 Å². The first-order valence-corrected chi connectivity index (χ1v) is 10.0. The Bertz CT molecular complexity index is 1200. The number of aryl methyl sites for hydroxylation is 1. The van der Waals surface area contributed by atoms with Crippen LogP contribution in [0, 0.1) is 0 Å². The fraction of sp³-hybridized carbons (Fsp3) is 0.182. The van der Waals surface area contributed by atoms with Crippen molar-refractivity contribution in [3.63, 3.8) is 0 Å². The normalized spacial score (nSPS) is 11.2. The lowest BCUT2D eigenvalue weighted by molar-refractivity contribution is -0.121. The fourth-order valence-corrected chi connectivity index (χ4v) is 3.78. The Balaban J connectivity index is 1.49. The number of carbonyl (C=O) groups excluding carboxylic acids is 1.